The number of hydrogen-bond donors (Lipinski definition) is 1. The molecule has 1 aliphatic rings. The second-order valence-electron chi connectivity index (χ2n) is 7.86. The molecule has 0 spiro atoms. The third-order valence-electron chi connectivity index (χ3n) is 5.43. The number of aryl methyl sites for hydroxylation is 1. The van der Waals surface area contributed by atoms with Gasteiger partial charge in [-0.15, -0.1) is 0 Å². The Kier molecular flexibility index (Phi) is 6.80. The minimum Gasteiger partial charge on any atom is -0.494 e. The van der Waals surface area contributed by atoms with Crippen molar-refractivity contribution >= 4 is 41.2 Å². The number of imide groups is 2. The molecule has 34 heavy (non-hydrogen) atoms. The maximum atomic E-state index is 13.1. The lowest BCUT2D eigenvalue weighted by Crippen LogP contribution is -2.54. The molecular formula is C27H23ClN2O4. The van der Waals surface area contributed by atoms with E-state index in [2.05, 4.69) is 5.32 Å². The van der Waals surface area contributed by atoms with Gasteiger partial charge in [0.1, 0.15) is 11.3 Å². The molecule has 4 amide bonds. The zero-order valence-electron chi connectivity index (χ0n) is 18.8. The molecule has 0 saturated carbocycles. The van der Waals surface area contributed by atoms with E-state index in [9.17, 15) is 14.4 Å². The van der Waals surface area contributed by atoms with Gasteiger partial charge in [0.25, 0.3) is 11.8 Å². The van der Waals surface area contributed by atoms with Crippen LogP contribution in [0.2, 0.25) is 5.02 Å². The van der Waals surface area contributed by atoms with Gasteiger partial charge in [0, 0.05) is 11.4 Å². The third kappa shape index (κ3) is 4.87. The van der Waals surface area contributed by atoms with Gasteiger partial charge < -0.3 is 4.74 Å². The van der Waals surface area contributed by atoms with Crippen molar-refractivity contribution < 1.29 is 19.1 Å². The van der Waals surface area contributed by atoms with Crippen molar-refractivity contribution in [1.29, 1.82) is 0 Å². The number of urea groups is 1. The van der Waals surface area contributed by atoms with Crippen LogP contribution in [0.3, 0.4) is 0 Å². The van der Waals surface area contributed by atoms with Crippen LogP contribution in [0.25, 0.3) is 6.08 Å². The first-order chi connectivity index (χ1) is 16.4. The molecule has 7 heteroatoms. The highest BCUT2D eigenvalue weighted by molar-refractivity contribution is 6.39. The number of benzene rings is 3. The molecule has 172 valence electrons. The van der Waals surface area contributed by atoms with E-state index in [-0.39, 0.29) is 5.57 Å². The minimum absolute atomic E-state index is 0.138. The molecule has 0 bridgehead atoms. The number of hydrogen-bond acceptors (Lipinski definition) is 4. The molecule has 1 saturated heterocycles. The van der Waals surface area contributed by atoms with Gasteiger partial charge in [0.15, 0.2) is 0 Å². The molecule has 0 radical (unpaired) electrons. The summed E-state index contributed by atoms with van der Waals surface area (Å²) in [6.07, 6.45) is 2.04. The summed E-state index contributed by atoms with van der Waals surface area (Å²) in [5.41, 5.74) is 3.72. The van der Waals surface area contributed by atoms with Gasteiger partial charge in [-0.05, 0) is 60.9 Å². The summed E-state index contributed by atoms with van der Waals surface area (Å²) in [5, 5.41) is 2.91. The maximum Gasteiger partial charge on any atom is 0.335 e. The largest absolute Gasteiger partial charge is 0.494 e. The van der Waals surface area contributed by atoms with Crippen LogP contribution >= 0.6 is 11.6 Å². The second kappa shape index (κ2) is 9.93. The standard InChI is InChI=1S/C27H23ClN2O4/c1-3-34-24-15-18(10-11-20(24)16-19-6-4-5-7-23(19)28)14-22-25(31)29-27(33)30(26(22)32)21-12-8-17(2)9-13-21/h4-15H,3,16H2,1-2H3,(H,29,31,33)/b22-14+. The summed E-state index contributed by atoms with van der Waals surface area (Å²) in [4.78, 5) is 39.0. The van der Waals surface area contributed by atoms with Crippen molar-refractivity contribution in [2.24, 2.45) is 0 Å². The summed E-state index contributed by atoms with van der Waals surface area (Å²) in [6, 6.07) is 19.2. The fourth-order valence-electron chi connectivity index (χ4n) is 3.70. The third-order valence-corrected chi connectivity index (χ3v) is 5.80. The van der Waals surface area contributed by atoms with Gasteiger partial charge in [-0.25, -0.2) is 9.69 Å². The number of barbiturate groups is 1. The SMILES string of the molecule is CCOc1cc(/C=C2\C(=O)NC(=O)N(c3ccc(C)cc3)C2=O)ccc1Cc1ccccc1Cl. The molecule has 0 aromatic heterocycles. The van der Waals surface area contributed by atoms with E-state index >= 15 is 0 Å². The molecule has 0 unspecified atom stereocenters. The van der Waals surface area contributed by atoms with Crippen LogP contribution in [0, 0.1) is 6.92 Å². The van der Waals surface area contributed by atoms with Gasteiger partial charge in [-0.3, -0.25) is 14.9 Å². The molecule has 0 aliphatic carbocycles. The van der Waals surface area contributed by atoms with Crippen molar-refractivity contribution in [3.05, 3.63) is 99.6 Å². The number of carbonyl (C=O) groups is 3. The van der Waals surface area contributed by atoms with Crippen LogP contribution in [0.15, 0.2) is 72.3 Å². The lowest BCUT2D eigenvalue weighted by molar-refractivity contribution is -0.122. The monoisotopic (exact) mass is 474 g/mol. The van der Waals surface area contributed by atoms with Crippen LogP contribution in [-0.2, 0) is 16.0 Å². The van der Waals surface area contributed by atoms with Crippen molar-refractivity contribution in [1.82, 2.24) is 5.32 Å². The molecule has 6 nitrogen and oxygen atoms in total. The van der Waals surface area contributed by atoms with Crippen molar-refractivity contribution in [2.45, 2.75) is 20.3 Å². The quantitative estimate of drug-likeness (QED) is 0.388. The Morgan fingerprint density at radius 1 is 0.971 bits per heavy atom. The number of carbonyl (C=O) groups excluding carboxylic acids is 3. The van der Waals surface area contributed by atoms with Crippen molar-refractivity contribution in [3.8, 4) is 5.75 Å². The summed E-state index contributed by atoms with van der Waals surface area (Å²) >= 11 is 6.32. The fourth-order valence-corrected chi connectivity index (χ4v) is 3.90. The number of amides is 4. The first-order valence-electron chi connectivity index (χ1n) is 10.8. The topological polar surface area (TPSA) is 75.7 Å². The number of nitrogens with zero attached hydrogens (tertiary/aromatic N) is 1. The Morgan fingerprint density at radius 3 is 2.41 bits per heavy atom. The van der Waals surface area contributed by atoms with E-state index in [0.29, 0.717) is 35.1 Å². The van der Waals surface area contributed by atoms with E-state index in [4.69, 9.17) is 16.3 Å². The average molecular weight is 475 g/mol. The van der Waals surface area contributed by atoms with Crippen LogP contribution < -0.4 is 15.0 Å². The van der Waals surface area contributed by atoms with Crippen molar-refractivity contribution in [2.75, 3.05) is 11.5 Å². The number of rotatable bonds is 6. The van der Waals surface area contributed by atoms with E-state index < -0.39 is 17.8 Å². The first-order valence-corrected chi connectivity index (χ1v) is 11.2. The minimum atomic E-state index is -0.777. The second-order valence-corrected chi connectivity index (χ2v) is 8.27. The lowest BCUT2D eigenvalue weighted by Gasteiger charge is -2.26. The molecule has 1 fully saturated rings. The van der Waals surface area contributed by atoms with Gasteiger partial charge in [-0.1, -0.05) is 59.6 Å². The zero-order valence-corrected chi connectivity index (χ0v) is 19.6. The predicted molar refractivity (Wildman–Crippen MR) is 132 cm³/mol. The molecule has 3 aromatic rings. The summed E-state index contributed by atoms with van der Waals surface area (Å²) in [5.74, 6) is -0.793. The highest BCUT2D eigenvalue weighted by Crippen LogP contribution is 2.28. The molecule has 1 aliphatic heterocycles. The Labute approximate surface area is 202 Å². The number of halogens is 1. The smallest absolute Gasteiger partial charge is 0.335 e. The van der Waals surface area contributed by atoms with Gasteiger partial charge >= 0.3 is 6.03 Å². The maximum absolute atomic E-state index is 13.1. The molecule has 0 atom stereocenters. The predicted octanol–water partition coefficient (Wildman–Crippen LogP) is 5.30. The normalized spacial score (nSPS) is 15.0. The van der Waals surface area contributed by atoms with Crippen molar-refractivity contribution in [3.63, 3.8) is 0 Å². The summed E-state index contributed by atoms with van der Waals surface area (Å²) < 4.78 is 5.83. The van der Waals surface area contributed by atoms with Crippen LogP contribution in [0.1, 0.15) is 29.2 Å². The highest BCUT2D eigenvalue weighted by atomic mass is 35.5. The highest BCUT2D eigenvalue weighted by Gasteiger charge is 2.36. The molecule has 1 heterocycles. The Balaban J connectivity index is 1.67. The Morgan fingerprint density at radius 2 is 1.71 bits per heavy atom. The van der Waals surface area contributed by atoms with Crippen LogP contribution in [0.5, 0.6) is 5.75 Å². The molecule has 1 N–H and O–H groups in total. The number of nitrogens with one attached hydrogen (secondary N) is 1. The van der Waals surface area contributed by atoms with E-state index in [1.165, 1.54) is 6.08 Å². The van der Waals surface area contributed by atoms with E-state index in [1.54, 1.807) is 36.4 Å². The Bertz CT molecular complexity index is 1300. The fraction of sp³-hybridized carbons (Fsp3) is 0.148. The average Bonchev–Trinajstić information content (AvgIpc) is 2.81. The van der Waals surface area contributed by atoms with Crippen LogP contribution in [-0.4, -0.2) is 24.5 Å². The van der Waals surface area contributed by atoms with Gasteiger partial charge in [0.2, 0.25) is 0 Å². The van der Waals surface area contributed by atoms with Crippen LogP contribution in [0.4, 0.5) is 10.5 Å². The summed E-state index contributed by atoms with van der Waals surface area (Å²) in [7, 11) is 0. The molecule has 4 rings (SSSR count). The summed E-state index contributed by atoms with van der Waals surface area (Å²) in [6.45, 7) is 4.24. The molecular weight excluding hydrogens is 452 g/mol. The number of ether oxygens (including phenoxy) is 1. The number of anilines is 1. The molecule has 3 aromatic carbocycles. The Hall–Kier alpha value is -3.90. The van der Waals surface area contributed by atoms with E-state index in [0.717, 1.165) is 21.6 Å². The van der Waals surface area contributed by atoms with Gasteiger partial charge in [-0.2, -0.15) is 0 Å². The zero-order chi connectivity index (χ0) is 24.2. The first kappa shape index (κ1) is 23.3. The van der Waals surface area contributed by atoms with E-state index in [1.807, 2.05) is 44.2 Å². The lowest BCUT2D eigenvalue weighted by atomic mass is 10.0. The van der Waals surface area contributed by atoms with Gasteiger partial charge in [0.05, 0.1) is 12.3 Å².